The first-order valence-electron chi connectivity index (χ1n) is 6.46. The van der Waals surface area contributed by atoms with Crippen molar-refractivity contribution in [3.8, 4) is 5.75 Å². The van der Waals surface area contributed by atoms with Gasteiger partial charge in [-0.3, -0.25) is 0 Å². The number of aryl methyl sites for hydroxylation is 1. The summed E-state index contributed by atoms with van der Waals surface area (Å²) in [5, 5.41) is 3.14. The Labute approximate surface area is 114 Å². The predicted octanol–water partition coefficient (Wildman–Crippen LogP) is 0.609. The normalized spacial score (nSPS) is 17.3. The van der Waals surface area contributed by atoms with E-state index in [9.17, 15) is 8.42 Å². The second kappa shape index (κ2) is 6.36. The van der Waals surface area contributed by atoms with Crippen molar-refractivity contribution in [2.45, 2.75) is 6.92 Å². The van der Waals surface area contributed by atoms with Gasteiger partial charge in [-0.2, -0.15) is 4.31 Å². The quantitative estimate of drug-likeness (QED) is 0.860. The average Bonchev–Trinajstić information content (AvgIpc) is 2.42. The number of nitrogens with zero attached hydrogens (tertiary/aromatic N) is 1. The molecule has 1 fully saturated rings. The summed E-state index contributed by atoms with van der Waals surface area (Å²) in [6.45, 7) is 4.73. The van der Waals surface area contributed by atoms with Crippen molar-refractivity contribution < 1.29 is 13.2 Å². The lowest BCUT2D eigenvalue weighted by Gasteiger charge is -2.26. The molecule has 0 saturated carbocycles. The van der Waals surface area contributed by atoms with E-state index in [0.29, 0.717) is 18.8 Å². The molecule has 6 heteroatoms. The van der Waals surface area contributed by atoms with Gasteiger partial charge < -0.3 is 10.1 Å². The van der Waals surface area contributed by atoms with Gasteiger partial charge in [-0.05, 0) is 19.1 Å². The van der Waals surface area contributed by atoms with E-state index in [-0.39, 0.29) is 12.4 Å². The van der Waals surface area contributed by atoms with Crippen molar-refractivity contribution in [1.82, 2.24) is 9.62 Å². The lowest BCUT2D eigenvalue weighted by Crippen LogP contribution is -2.47. The van der Waals surface area contributed by atoms with Crippen LogP contribution in [-0.4, -0.2) is 51.3 Å². The van der Waals surface area contributed by atoms with Crippen molar-refractivity contribution >= 4 is 10.0 Å². The van der Waals surface area contributed by atoms with Crippen LogP contribution in [0.2, 0.25) is 0 Å². The van der Waals surface area contributed by atoms with Crippen LogP contribution in [0.1, 0.15) is 5.56 Å². The maximum atomic E-state index is 12.0. The van der Waals surface area contributed by atoms with Crippen LogP contribution >= 0.6 is 0 Å². The highest BCUT2D eigenvalue weighted by molar-refractivity contribution is 7.89. The van der Waals surface area contributed by atoms with Gasteiger partial charge in [0, 0.05) is 26.2 Å². The van der Waals surface area contributed by atoms with Crippen LogP contribution in [0.5, 0.6) is 5.75 Å². The van der Waals surface area contributed by atoms with Crippen LogP contribution in [0.15, 0.2) is 24.3 Å². The molecule has 1 heterocycles. The zero-order valence-electron chi connectivity index (χ0n) is 11.1. The number of sulfonamides is 1. The van der Waals surface area contributed by atoms with Gasteiger partial charge >= 0.3 is 0 Å². The van der Waals surface area contributed by atoms with E-state index in [2.05, 4.69) is 5.32 Å². The second-order valence-electron chi connectivity index (χ2n) is 4.63. The van der Waals surface area contributed by atoms with E-state index in [0.717, 1.165) is 18.7 Å². The fraction of sp³-hybridized carbons (Fsp3) is 0.538. The first kappa shape index (κ1) is 14.3. The van der Waals surface area contributed by atoms with Gasteiger partial charge in [0.05, 0.1) is 5.75 Å². The molecule has 0 radical (unpaired) electrons. The first-order chi connectivity index (χ1) is 9.08. The van der Waals surface area contributed by atoms with Gasteiger partial charge in [0.15, 0.2) is 0 Å². The fourth-order valence-corrected chi connectivity index (χ4v) is 3.24. The number of hydrogen-bond donors (Lipinski definition) is 1. The summed E-state index contributed by atoms with van der Waals surface area (Å²) in [5.74, 6) is 0.738. The summed E-state index contributed by atoms with van der Waals surface area (Å²) >= 11 is 0. The van der Waals surface area contributed by atoms with Gasteiger partial charge in [-0.25, -0.2) is 8.42 Å². The molecule has 19 heavy (non-hydrogen) atoms. The van der Waals surface area contributed by atoms with Crippen LogP contribution < -0.4 is 10.1 Å². The van der Waals surface area contributed by atoms with Gasteiger partial charge in [-0.1, -0.05) is 17.7 Å². The molecular formula is C13H20N2O3S. The Hall–Kier alpha value is -1.11. The Morgan fingerprint density at radius 3 is 2.47 bits per heavy atom. The molecule has 0 aliphatic carbocycles. The topological polar surface area (TPSA) is 58.6 Å². The minimum absolute atomic E-state index is 0.0286. The lowest BCUT2D eigenvalue weighted by molar-refractivity contribution is 0.326. The fourth-order valence-electron chi connectivity index (χ4n) is 1.95. The molecule has 0 bridgehead atoms. The molecule has 0 unspecified atom stereocenters. The molecule has 1 aromatic carbocycles. The molecule has 106 valence electrons. The van der Waals surface area contributed by atoms with Crippen LogP contribution in [0.3, 0.4) is 0 Å². The molecule has 1 aromatic rings. The maximum Gasteiger partial charge on any atom is 0.217 e. The summed E-state index contributed by atoms with van der Waals surface area (Å²) in [6.07, 6.45) is 0. The average molecular weight is 284 g/mol. The van der Waals surface area contributed by atoms with Gasteiger partial charge in [-0.15, -0.1) is 0 Å². The summed E-state index contributed by atoms with van der Waals surface area (Å²) in [5.41, 5.74) is 1.15. The van der Waals surface area contributed by atoms with Crippen molar-refractivity contribution in [2.24, 2.45) is 0 Å². The van der Waals surface area contributed by atoms with E-state index >= 15 is 0 Å². The van der Waals surface area contributed by atoms with Gasteiger partial charge in [0.2, 0.25) is 10.0 Å². The van der Waals surface area contributed by atoms with Gasteiger partial charge in [0.25, 0.3) is 0 Å². The highest BCUT2D eigenvalue weighted by atomic mass is 32.2. The third-order valence-electron chi connectivity index (χ3n) is 3.10. The number of benzene rings is 1. The summed E-state index contributed by atoms with van der Waals surface area (Å²) in [4.78, 5) is 0. The van der Waals surface area contributed by atoms with Crippen LogP contribution in [0.25, 0.3) is 0 Å². The minimum atomic E-state index is -3.19. The summed E-state index contributed by atoms with van der Waals surface area (Å²) in [6, 6.07) is 7.60. The molecule has 1 saturated heterocycles. The molecule has 0 atom stereocenters. The molecule has 1 aliphatic heterocycles. The third-order valence-corrected chi connectivity index (χ3v) is 4.93. The molecule has 2 rings (SSSR count). The molecular weight excluding hydrogens is 264 g/mol. The van der Waals surface area contributed by atoms with Crippen LogP contribution in [0, 0.1) is 6.92 Å². The Morgan fingerprint density at radius 2 is 1.84 bits per heavy atom. The van der Waals surface area contributed by atoms with Crippen molar-refractivity contribution in [2.75, 3.05) is 38.5 Å². The van der Waals surface area contributed by atoms with Crippen LogP contribution in [-0.2, 0) is 10.0 Å². The Bertz CT molecular complexity index is 493. The van der Waals surface area contributed by atoms with E-state index < -0.39 is 10.0 Å². The lowest BCUT2D eigenvalue weighted by atomic mass is 10.2. The van der Waals surface area contributed by atoms with E-state index in [4.69, 9.17) is 4.74 Å². The second-order valence-corrected chi connectivity index (χ2v) is 6.72. The van der Waals surface area contributed by atoms with Crippen molar-refractivity contribution in [3.05, 3.63) is 29.8 Å². The third kappa shape index (κ3) is 4.19. The van der Waals surface area contributed by atoms with Crippen LogP contribution in [0.4, 0.5) is 0 Å². The van der Waals surface area contributed by atoms with Gasteiger partial charge in [0.1, 0.15) is 12.4 Å². The largest absolute Gasteiger partial charge is 0.492 e. The number of piperazine rings is 1. The first-order valence-corrected chi connectivity index (χ1v) is 8.07. The number of ether oxygens (including phenoxy) is 1. The SMILES string of the molecule is Cc1ccc(OCCS(=O)(=O)N2CCNCC2)cc1. The van der Waals surface area contributed by atoms with E-state index in [1.54, 1.807) is 0 Å². The predicted molar refractivity (Wildman–Crippen MR) is 74.9 cm³/mol. The van der Waals surface area contributed by atoms with E-state index in [1.807, 2.05) is 31.2 Å². The molecule has 0 spiro atoms. The molecule has 0 amide bonds. The standard InChI is InChI=1S/C13H20N2O3S/c1-12-2-4-13(5-3-12)18-10-11-19(16,17)15-8-6-14-7-9-15/h2-5,14H,6-11H2,1H3. The summed E-state index contributed by atoms with van der Waals surface area (Å²) in [7, 11) is -3.19. The monoisotopic (exact) mass is 284 g/mol. The highest BCUT2D eigenvalue weighted by Crippen LogP contribution is 2.12. The molecule has 0 aromatic heterocycles. The Kier molecular flexibility index (Phi) is 4.79. The molecule has 1 aliphatic rings. The summed E-state index contributed by atoms with van der Waals surface area (Å²) < 4.78 is 31.1. The number of hydrogen-bond acceptors (Lipinski definition) is 4. The van der Waals surface area contributed by atoms with E-state index in [1.165, 1.54) is 4.31 Å². The number of nitrogens with one attached hydrogen (secondary N) is 1. The smallest absolute Gasteiger partial charge is 0.217 e. The zero-order chi connectivity index (χ0) is 13.7. The Balaban J connectivity index is 1.82. The molecule has 5 nitrogen and oxygen atoms in total. The Morgan fingerprint density at radius 1 is 1.21 bits per heavy atom. The maximum absolute atomic E-state index is 12.0. The van der Waals surface area contributed by atoms with Crippen molar-refractivity contribution in [3.63, 3.8) is 0 Å². The zero-order valence-corrected chi connectivity index (χ0v) is 11.9. The number of rotatable bonds is 5. The minimum Gasteiger partial charge on any atom is -0.492 e. The molecule has 1 N–H and O–H groups in total. The highest BCUT2D eigenvalue weighted by Gasteiger charge is 2.23. The van der Waals surface area contributed by atoms with Crippen molar-refractivity contribution in [1.29, 1.82) is 0 Å².